The van der Waals surface area contributed by atoms with Crippen molar-refractivity contribution in [2.24, 2.45) is 5.92 Å². The van der Waals surface area contributed by atoms with E-state index in [0.29, 0.717) is 35.3 Å². The Balaban J connectivity index is 1.36. The van der Waals surface area contributed by atoms with Crippen LogP contribution >= 0.6 is 27.5 Å². The Kier molecular flexibility index (Phi) is 5.30. The number of hydrogen-bond donors (Lipinski definition) is 0. The molecule has 0 spiro atoms. The molecule has 0 aliphatic heterocycles. The lowest BCUT2D eigenvalue weighted by Gasteiger charge is -2.11. The van der Waals surface area contributed by atoms with Crippen LogP contribution in [0.2, 0.25) is 0 Å². The number of nitrogens with zero attached hydrogens (tertiary/aromatic N) is 5. The molecule has 1 aliphatic rings. The van der Waals surface area contributed by atoms with Gasteiger partial charge in [-0.3, -0.25) is 4.79 Å². The fraction of sp³-hybridized carbons (Fsp3) is 0.286. The van der Waals surface area contributed by atoms with Gasteiger partial charge in [0.15, 0.2) is 5.78 Å². The molecule has 3 aromatic heterocycles. The van der Waals surface area contributed by atoms with Gasteiger partial charge in [-0.2, -0.15) is 0 Å². The predicted octanol–water partition coefficient (Wildman–Crippen LogP) is 5.06. The molecule has 7 nitrogen and oxygen atoms in total. The first kappa shape index (κ1) is 19.3. The molecule has 1 saturated carbocycles. The Morgan fingerprint density at radius 3 is 2.93 bits per heavy atom. The van der Waals surface area contributed by atoms with E-state index in [1.54, 1.807) is 18.5 Å². The highest BCUT2D eigenvalue weighted by Crippen LogP contribution is 2.37. The van der Waals surface area contributed by atoms with Gasteiger partial charge in [0.1, 0.15) is 11.3 Å². The minimum Gasteiger partial charge on any atom is -0.437 e. The minimum absolute atomic E-state index is 0.0715. The summed E-state index contributed by atoms with van der Waals surface area (Å²) in [7, 11) is 0. The van der Waals surface area contributed by atoms with Gasteiger partial charge in [-0.15, -0.1) is 5.10 Å². The van der Waals surface area contributed by atoms with Crippen molar-refractivity contribution < 1.29 is 9.53 Å². The molecule has 0 bridgehead atoms. The molecular weight excluding hydrogens is 466 g/mol. The largest absolute Gasteiger partial charge is 0.437 e. The Morgan fingerprint density at radius 1 is 1.23 bits per heavy atom. The van der Waals surface area contributed by atoms with Gasteiger partial charge in [-0.1, -0.05) is 11.3 Å². The second kappa shape index (κ2) is 8.23. The van der Waals surface area contributed by atoms with Crippen LogP contribution in [-0.2, 0) is 13.0 Å². The summed E-state index contributed by atoms with van der Waals surface area (Å²) in [6.45, 7) is 0.904. The number of aromatic nitrogens is 5. The maximum Gasteiger partial charge on any atom is 0.222 e. The number of ether oxygens (including phenoxy) is 1. The van der Waals surface area contributed by atoms with E-state index in [1.165, 1.54) is 24.4 Å². The summed E-state index contributed by atoms with van der Waals surface area (Å²) in [5.74, 6) is 1.89. The van der Waals surface area contributed by atoms with Crippen molar-refractivity contribution in [1.82, 2.24) is 24.4 Å². The lowest BCUT2D eigenvalue weighted by Crippen LogP contribution is -2.02. The van der Waals surface area contributed by atoms with Crippen LogP contribution in [-0.4, -0.2) is 30.1 Å². The van der Waals surface area contributed by atoms with Crippen LogP contribution in [0.15, 0.2) is 47.2 Å². The van der Waals surface area contributed by atoms with Crippen molar-refractivity contribution >= 4 is 44.3 Å². The number of hydrogen-bond acceptors (Lipinski definition) is 7. The Bertz CT molecular complexity index is 1200. The van der Waals surface area contributed by atoms with E-state index < -0.39 is 0 Å². The molecule has 1 fully saturated rings. The molecule has 152 valence electrons. The first-order valence-electron chi connectivity index (χ1n) is 9.76. The van der Waals surface area contributed by atoms with Gasteiger partial charge >= 0.3 is 0 Å². The zero-order valence-electron chi connectivity index (χ0n) is 16.0. The zero-order chi connectivity index (χ0) is 20.5. The van der Waals surface area contributed by atoms with Crippen LogP contribution in [0.4, 0.5) is 0 Å². The SMILES string of the molecule is O=C(CCc1cccnc1Oc1ccc2c(nnn2CC2CC2)c1Br)c1ccns1. The molecule has 9 heteroatoms. The van der Waals surface area contributed by atoms with E-state index in [2.05, 4.69) is 35.6 Å². The summed E-state index contributed by atoms with van der Waals surface area (Å²) in [6.07, 6.45) is 6.76. The highest BCUT2D eigenvalue weighted by molar-refractivity contribution is 9.10. The molecule has 0 N–H and O–H groups in total. The van der Waals surface area contributed by atoms with E-state index in [1.807, 2.05) is 28.9 Å². The zero-order valence-corrected chi connectivity index (χ0v) is 18.4. The number of carbonyl (C=O) groups excluding carboxylic acids is 1. The van der Waals surface area contributed by atoms with E-state index in [0.717, 1.165) is 27.6 Å². The van der Waals surface area contributed by atoms with Crippen LogP contribution in [0.1, 0.15) is 34.5 Å². The number of rotatable bonds is 8. The number of halogens is 1. The van der Waals surface area contributed by atoms with Crippen LogP contribution in [0, 0.1) is 5.92 Å². The lowest BCUT2D eigenvalue weighted by atomic mass is 10.1. The van der Waals surface area contributed by atoms with Gasteiger partial charge in [0.2, 0.25) is 5.88 Å². The number of aryl methyl sites for hydroxylation is 1. The molecule has 5 rings (SSSR count). The Hall–Kier alpha value is -2.65. The summed E-state index contributed by atoms with van der Waals surface area (Å²) in [4.78, 5) is 17.4. The second-order valence-electron chi connectivity index (χ2n) is 7.33. The quantitative estimate of drug-likeness (QED) is 0.325. The van der Waals surface area contributed by atoms with Crippen molar-refractivity contribution in [2.45, 2.75) is 32.2 Å². The Morgan fingerprint density at radius 2 is 2.13 bits per heavy atom. The fourth-order valence-electron chi connectivity index (χ4n) is 3.29. The van der Waals surface area contributed by atoms with Gasteiger partial charge in [-0.05, 0) is 76.9 Å². The molecule has 0 unspecified atom stereocenters. The molecule has 0 atom stereocenters. The first-order chi connectivity index (χ1) is 14.7. The molecule has 0 saturated heterocycles. The first-order valence-corrected chi connectivity index (χ1v) is 11.3. The smallest absolute Gasteiger partial charge is 0.222 e. The van der Waals surface area contributed by atoms with Crippen molar-refractivity contribution in [3.05, 3.63) is 57.6 Å². The van der Waals surface area contributed by atoms with Crippen molar-refractivity contribution in [3.63, 3.8) is 0 Å². The maximum absolute atomic E-state index is 12.3. The molecule has 0 amide bonds. The normalized spacial score (nSPS) is 13.6. The summed E-state index contributed by atoms with van der Waals surface area (Å²) in [6, 6.07) is 9.41. The number of ketones is 1. The van der Waals surface area contributed by atoms with Gasteiger partial charge in [0, 0.05) is 30.9 Å². The van der Waals surface area contributed by atoms with Gasteiger partial charge in [0.25, 0.3) is 0 Å². The molecule has 3 heterocycles. The van der Waals surface area contributed by atoms with Crippen molar-refractivity contribution in [3.8, 4) is 11.6 Å². The number of benzene rings is 1. The predicted molar refractivity (Wildman–Crippen MR) is 117 cm³/mol. The van der Waals surface area contributed by atoms with Gasteiger partial charge in [0.05, 0.1) is 14.9 Å². The van der Waals surface area contributed by atoms with E-state index >= 15 is 0 Å². The minimum atomic E-state index is 0.0715. The van der Waals surface area contributed by atoms with E-state index in [4.69, 9.17) is 4.74 Å². The summed E-state index contributed by atoms with van der Waals surface area (Å²) in [5, 5.41) is 8.63. The number of Topliss-reactive ketones (excluding diaryl/α,β-unsaturated/α-hetero) is 1. The third-order valence-corrected chi connectivity index (χ3v) is 6.66. The standard InChI is InChI=1S/C21H18BrN5O2S/c22-19-17(8-6-15-20(19)25-26-27(15)12-13-3-4-13)29-21-14(2-1-10-23-21)5-7-16(28)18-9-11-24-30-18/h1-2,6,8-11,13H,3-5,7,12H2. The number of fused-ring (bicyclic) bond motifs is 1. The van der Waals surface area contributed by atoms with E-state index in [-0.39, 0.29) is 5.78 Å². The van der Waals surface area contributed by atoms with Crippen molar-refractivity contribution in [1.29, 1.82) is 0 Å². The highest BCUT2D eigenvalue weighted by Gasteiger charge is 2.24. The third kappa shape index (κ3) is 3.99. The van der Waals surface area contributed by atoms with Crippen LogP contribution in [0.3, 0.4) is 0 Å². The average Bonchev–Trinajstić information content (AvgIpc) is 3.24. The molecule has 1 aliphatic carbocycles. The summed E-state index contributed by atoms with van der Waals surface area (Å²) in [5.41, 5.74) is 2.63. The van der Waals surface area contributed by atoms with Crippen LogP contribution in [0.25, 0.3) is 11.0 Å². The lowest BCUT2D eigenvalue weighted by molar-refractivity contribution is 0.0986. The maximum atomic E-state index is 12.3. The van der Waals surface area contributed by atoms with Crippen LogP contribution < -0.4 is 4.74 Å². The summed E-state index contributed by atoms with van der Waals surface area (Å²) >= 11 is 4.84. The second-order valence-corrected chi connectivity index (χ2v) is 8.96. The van der Waals surface area contributed by atoms with Gasteiger partial charge in [-0.25, -0.2) is 14.0 Å². The van der Waals surface area contributed by atoms with Crippen LogP contribution in [0.5, 0.6) is 11.6 Å². The molecule has 0 radical (unpaired) electrons. The monoisotopic (exact) mass is 483 g/mol. The highest BCUT2D eigenvalue weighted by atomic mass is 79.9. The molecule has 1 aromatic carbocycles. The number of pyridine rings is 1. The fourth-order valence-corrected chi connectivity index (χ4v) is 4.34. The average molecular weight is 484 g/mol. The Labute approximate surface area is 185 Å². The van der Waals surface area contributed by atoms with E-state index in [9.17, 15) is 4.79 Å². The topological polar surface area (TPSA) is 82.8 Å². The molecular formula is C21H18BrN5O2S. The summed E-state index contributed by atoms with van der Waals surface area (Å²) < 4.78 is 12.8. The van der Waals surface area contributed by atoms with Gasteiger partial charge < -0.3 is 4.74 Å². The molecule has 4 aromatic rings. The van der Waals surface area contributed by atoms with Crippen molar-refractivity contribution in [2.75, 3.05) is 0 Å². The third-order valence-electron chi connectivity index (χ3n) is 5.11. The molecule has 30 heavy (non-hydrogen) atoms. The number of carbonyl (C=O) groups is 1.